The zero-order chi connectivity index (χ0) is 25.2. The predicted molar refractivity (Wildman–Crippen MR) is 131 cm³/mol. The van der Waals surface area contributed by atoms with Gasteiger partial charge in [-0.25, -0.2) is 4.79 Å². The lowest BCUT2D eigenvalue weighted by Gasteiger charge is -2.35. The first-order chi connectivity index (χ1) is 16.7. The third kappa shape index (κ3) is 5.52. The highest BCUT2D eigenvalue weighted by molar-refractivity contribution is 6.30. The van der Waals surface area contributed by atoms with Gasteiger partial charge in [-0.2, -0.15) is 0 Å². The fourth-order valence-electron chi connectivity index (χ4n) is 3.96. The molecule has 0 bridgehead atoms. The van der Waals surface area contributed by atoms with E-state index in [4.69, 9.17) is 25.8 Å². The summed E-state index contributed by atoms with van der Waals surface area (Å²) in [5.74, 6) is 0.405. The van der Waals surface area contributed by atoms with Gasteiger partial charge < -0.3 is 24.6 Å². The minimum absolute atomic E-state index is 0.191. The Balaban J connectivity index is 1.59. The summed E-state index contributed by atoms with van der Waals surface area (Å²) in [7, 11) is 1.57. The summed E-state index contributed by atoms with van der Waals surface area (Å²) in [6.07, 6.45) is 0.0461. The highest BCUT2D eigenvalue weighted by Gasteiger charge is 2.36. The molecule has 7 nitrogen and oxygen atoms in total. The summed E-state index contributed by atoms with van der Waals surface area (Å²) in [6.45, 7) is 3.39. The van der Waals surface area contributed by atoms with E-state index >= 15 is 0 Å². The third-order valence-electron chi connectivity index (χ3n) is 5.87. The number of amides is 1. The molecular weight excluding hydrogens is 470 g/mol. The normalized spacial score (nSPS) is 17.0. The van der Waals surface area contributed by atoms with Crippen LogP contribution in [0, 0.1) is 0 Å². The van der Waals surface area contributed by atoms with Crippen molar-refractivity contribution in [2.24, 2.45) is 0 Å². The highest BCUT2D eigenvalue weighted by Crippen LogP contribution is 2.42. The molecule has 0 radical (unpaired) electrons. The van der Waals surface area contributed by atoms with Crippen molar-refractivity contribution < 1.29 is 28.9 Å². The highest BCUT2D eigenvalue weighted by atomic mass is 35.5. The average Bonchev–Trinajstić information content (AvgIpc) is 2.83. The molecule has 1 aliphatic rings. The van der Waals surface area contributed by atoms with Gasteiger partial charge in [-0.1, -0.05) is 29.8 Å². The number of carboxylic acids is 1. The maximum absolute atomic E-state index is 13.3. The summed E-state index contributed by atoms with van der Waals surface area (Å²) >= 11 is 6.05. The smallest absolute Gasteiger partial charge is 0.335 e. The quantitative estimate of drug-likeness (QED) is 0.444. The van der Waals surface area contributed by atoms with Gasteiger partial charge in [0.2, 0.25) is 0 Å². The predicted octanol–water partition coefficient (Wildman–Crippen LogP) is 5.59. The number of fused-ring (bicyclic) bond motifs is 1. The molecule has 4 rings (SSSR count). The fourth-order valence-corrected chi connectivity index (χ4v) is 4.14. The molecule has 35 heavy (non-hydrogen) atoms. The van der Waals surface area contributed by atoms with Crippen molar-refractivity contribution in [3.05, 3.63) is 88.4 Å². The number of rotatable bonds is 7. The van der Waals surface area contributed by atoms with Crippen molar-refractivity contribution >= 4 is 23.5 Å². The number of nitrogens with one attached hydrogen (secondary N) is 1. The van der Waals surface area contributed by atoms with E-state index in [-0.39, 0.29) is 17.5 Å². The summed E-state index contributed by atoms with van der Waals surface area (Å²) < 4.78 is 17.5. The van der Waals surface area contributed by atoms with Crippen molar-refractivity contribution in [2.75, 3.05) is 7.11 Å². The van der Waals surface area contributed by atoms with Crippen LogP contribution in [0.1, 0.15) is 53.9 Å². The number of methoxy groups -OCH3 is 1. The van der Waals surface area contributed by atoms with Crippen LogP contribution in [0.25, 0.3) is 0 Å². The number of ether oxygens (including phenoxy) is 3. The number of hydrogen-bond donors (Lipinski definition) is 2. The Morgan fingerprint density at radius 3 is 2.46 bits per heavy atom. The Bertz CT molecular complexity index is 1240. The number of benzene rings is 3. The minimum atomic E-state index is -1.17. The first-order valence-electron chi connectivity index (χ1n) is 11.1. The summed E-state index contributed by atoms with van der Waals surface area (Å²) in [6, 6.07) is 18.5. The average molecular weight is 496 g/mol. The van der Waals surface area contributed by atoms with Gasteiger partial charge in [0, 0.05) is 23.1 Å². The molecule has 0 aliphatic carbocycles. The fraction of sp³-hybridized carbons (Fsp3) is 0.259. The van der Waals surface area contributed by atoms with Crippen molar-refractivity contribution in [1.29, 1.82) is 0 Å². The van der Waals surface area contributed by atoms with E-state index in [9.17, 15) is 14.7 Å². The van der Waals surface area contributed by atoms with Crippen LogP contribution in [0.2, 0.25) is 5.02 Å². The maximum atomic E-state index is 13.3. The molecule has 0 unspecified atom stereocenters. The van der Waals surface area contributed by atoms with E-state index in [0.717, 1.165) is 11.1 Å². The molecule has 1 amide bonds. The van der Waals surface area contributed by atoms with Crippen LogP contribution >= 0.6 is 11.6 Å². The Labute approximate surface area is 208 Å². The number of aromatic carboxylic acids is 1. The standard InChI is InChI=1S/C27H26ClNO6/c1-27(2,35-20-6-4-5-18(28)13-20)26(32)29-22-15-23(16-7-9-17(10-8-16)25(30)31)34-24-14-19(33-3)11-12-21(22)24/h4-14,22-23H,15H2,1-3H3,(H,29,32)(H,30,31)/t22-,23-/m1/s1. The number of carbonyl (C=O) groups excluding carboxylic acids is 1. The van der Waals surface area contributed by atoms with Gasteiger partial charge in [0.15, 0.2) is 5.60 Å². The number of hydrogen-bond acceptors (Lipinski definition) is 5. The van der Waals surface area contributed by atoms with Crippen LogP contribution in [0.3, 0.4) is 0 Å². The first-order valence-corrected chi connectivity index (χ1v) is 11.5. The van der Waals surface area contributed by atoms with Crippen LogP contribution < -0.4 is 19.5 Å². The van der Waals surface area contributed by atoms with Crippen LogP contribution in [0.5, 0.6) is 17.2 Å². The van der Waals surface area contributed by atoms with E-state index < -0.39 is 17.7 Å². The Morgan fingerprint density at radius 2 is 1.80 bits per heavy atom. The molecular formula is C27H26ClNO6. The van der Waals surface area contributed by atoms with E-state index in [0.29, 0.717) is 28.7 Å². The third-order valence-corrected chi connectivity index (χ3v) is 6.10. The lowest BCUT2D eigenvalue weighted by Crippen LogP contribution is -2.48. The molecule has 8 heteroatoms. The minimum Gasteiger partial charge on any atom is -0.497 e. The zero-order valence-electron chi connectivity index (χ0n) is 19.6. The molecule has 0 spiro atoms. The van der Waals surface area contributed by atoms with Crippen molar-refractivity contribution in [3.8, 4) is 17.2 Å². The van der Waals surface area contributed by atoms with Gasteiger partial charge in [0.25, 0.3) is 5.91 Å². The van der Waals surface area contributed by atoms with Gasteiger partial charge in [0.1, 0.15) is 23.4 Å². The van der Waals surface area contributed by atoms with E-state index in [1.165, 1.54) is 12.1 Å². The Kier molecular flexibility index (Phi) is 6.89. The summed E-state index contributed by atoms with van der Waals surface area (Å²) in [4.78, 5) is 24.5. The van der Waals surface area contributed by atoms with Gasteiger partial charge in [-0.3, -0.25) is 4.79 Å². The molecule has 1 aliphatic heterocycles. The van der Waals surface area contributed by atoms with Crippen LogP contribution in [0.4, 0.5) is 0 Å². The van der Waals surface area contributed by atoms with E-state index in [1.807, 2.05) is 12.1 Å². The molecule has 182 valence electrons. The second-order valence-corrected chi connectivity index (χ2v) is 9.21. The van der Waals surface area contributed by atoms with Crippen LogP contribution in [0.15, 0.2) is 66.7 Å². The molecule has 2 N–H and O–H groups in total. The largest absolute Gasteiger partial charge is 0.497 e. The van der Waals surface area contributed by atoms with E-state index in [2.05, 4.69) is 5.32 Å². The molecule has 0 aromatic heterocycles. The Hall–Kier alpha value is -3.71. The van der Waals surface area contributed by atoms with Crippen molar-refractivity contribution in [2.45, 2.75) is 38.0 Å². The number of carboxylic acid groups (broad SMARTS) is 1. The van der Waals surface area contributed by atoms with Gasteiger partial charge >= 0.3 is 5.97 Å². The number of halogens is 1. The second kappa shape index (κ2) is 9.88. The molecule has 3 aromatic rings. The lowest BCUT2D eigenvalue weighted by atomic mass is 9.91. The van der Waals surface area contributed by atoms with Gasteiger partial charge in [-0.05, 0) is 61.9 Å². The SMILES string of the molecule is COc1ccc2c(c1)O[C@@H](c1ccc(C(=O)O)cc1)C[C@H]2NC(=O)C(C)(C)Oc1cccc(Cl)c1. The number of carbonyl (C=O) groups is 2. The molecule has 2 atom stereocenters. The van der Waals surface area contributed by atoms with E-state index in [1.54, 1.807) is 63.4 Å². The summed E-state index contributed by atoms with van der Waals surface area (Å²) in [5.41, 5.74) is 0.638. The molecule has 3 aromatic carbocycles. The molecule has 0 fully saturated rings. The Morgan fingerprint density at radius 1 is 1.06 bits per heavy atom. The first kappa shape index (κ1) is 24.4. The van der Waals surface area contributed by atoms with Gasteiger partial charge in [-0.15, -0.1) is 0 Å². The van der Waals surface area contributed by atoms with Crippen molar-refractivity contribution in [3.63, 3.8) is 0 Å². The zero-order valence-corrected chi connectivity index (χ0v) is 20.3. The van der Waals surface area contributed by atoms with Crippen molar-refractivity contribution in [1.82, 2.24) is 5.32 Å². The second-order valence-electron chi connectivity index (χ2n) is 8.77. The topological polar surface area (TPSA) is 94.1 Å². The lowest BCUT2D eigenvalue weighted by molar-refractivity contribution is -0.135. The van der Waals surface area contributed by atoms with Crippen LogP contribution in [-0.4, -0.2) is 29.7 Å². The molecule has 0 saturated carbocycles. The maximum Gasteiger partial charge on any atom is 0.335 e. The van der Waals surface area contributed by atoms with Crippen LogP contribution in [-0.2, 0) is 4.79 Å². The van der Waals surface area contributed by atoms with Gasteiger partial charge in [0.05, 0.1) is 18.7 Å². The summed E-state index contributed by atoms with van der Waals surface area (Å²) in [5, 5.41) is 12.8. The monoisotopic (exact) mass is 495 g/mol. The molecule has 1 heterocycles. The molecule has 0 saturated heterocycles.